The summed E-state index contributed by atoms with van der Waals surface area (Å²) >= 11 is 0. The largest absolute Gasteiger partial charge is 0.480 e. The fourth-order valence-electron chi connectivity index (χ4n) is 2.00. The van der Waals surface area contributed by atoms with Crippen LogP contribution in [0.5, 0.6) is 0 Å². The Bertz CT molecular complexity index is 389. The Kier molecular flexibility index (Phi) is 3.81. The molecule has 1 fully saturated rings. The molecule has 92 valence electrons. The molecule has 2 rings (SSSR count). The zero-order valence-electron chi connectivity index (χ0n) is 9.33. The Labute approximate surface area is 98.3 Å². The summed E-state index contributed by atoms with van der Waals surface area (Å²) in [7, 11) is 0. The van der Waals surface area contributed by atoms with E-state index in [4.69, 9.17) is 5.11 Å². The number of piperidine rings is 1. The molecule has 1 aromatic heterocycles. The summed E-state index contributed by atoms with van der Waals surface area (Å²) in [6, 6.07) is -0.410. The zero-order valence-corrected chi connectivity index (χ0v) is 9.33. The number of hydrogen-bond donors (Lipinski definition) is 3. The maximum atomic E-state index is 10.8. The van der Waals surface area contributed by atoms with Crippen LogP contribution in [0, 0.1) is 5.92 Å². The van der Waals surface area contributed by atoms with Gasteiger partial charge in [0, 0.05) is 0 Å². The maximum Gasteiger partial charge on any atom is 0.320 e. The van der Waals surface area contributed by atoms with Gasteiger partial charge in [-0.15, -0.1) is 10.2 Å². The third-order valence-electron chi connectivity index (χ3n) is 2.91. The van der Waals surface area contributed by atoms with Crippen LogP contribution >= 0.6 is 0 Å². The Morgan fingerprint density at radius 2 is 2.47 bits per heavy atom. The average molecular weight is 237 g/mol. The highest BCUT2D eigenvalue weighted by Crippen LogP contribution is 2.20. The summed E-state index contributed by atoms with van der Waals surface area (Å²) in [6.07, 6.45) is 6.29. The second-order valence-electron chi connectivity index (χ2n) is 4.14. The first kappa shape index (κ1) is 11.7. The summed E-state index contributed by atoms with van der Waals surface area (Å²) in [5.41, 5.74) is 0. The predicted molar refractivity (Wildman–Crippen MR) is 60.0 cm³/mol. The first-order valence-electron chi connectivity index (χ1n) is 5.62. The van der Waals surface area contributed by atoms with E-state index in [1.54, 1.807) is 6.08 Å². The van der Waals surface area contributed by atoms with E-state index in [9.17, 15) is 4.79 Å². The van der Waals surface area contributed by atoms with E-state index in [-0.39, 0.29) is 0 Å². The van der Waals surface area contributed by atoms with Gasteiger partial charge in [0.15, 0.2) is 5.82 Å². The van der Waals surface area contributed by atoms with Crippen molar-refractivity contribution in [1.29, 1.82) is 0 Å². The molecular formula is C10H15N5O2. The number of aromatic amines is 1. The molecule has 1 aliphatic heterocycles. The molecule has 17 heavy (non-hydrogen) atoms. The van der Waals surface area contributed by atoms with Gasteiger partial charge in [-0.05, 0) is 43.0 Å². The minimum absolute atomic E-state index is 0.403. The first-order chi connectivity index (χ1) is 8.25. The van der Waals surface area contributed by atoms with Crippen LogP contribution in [-0.2, 0) is 4.79 Å². The highest BCUT2D eigenvalue weighted by Gasteiger charge is 2.25. The fourth-order valence-corrected chi connectivity index (χ4v) is 2.00. The molecule has 7 heteroatoms. The second kappa shape index (κ2) is 5.53. The first-order valence-corrected chi connectivity index (χ1v) is 5.62. The smallest absolute Gasteiger partial charge is 0.320 e. The van der Waals surface area contributed by atoms with Gasteiger partial charge in [-0.2, -0.15) is 5.21 Å². The van der Waals surface area contributed by atoms with Crippen molar-refractivity contribution in [2.45, 2.75) is 25.3 Å². The molecule has 0 spiro atoms. The lowest BCUT2D eigenvalue weighted by Crippen LogP contribution is -2.43. The molecule has 0 radical (unpaired) electrons. The summed E-state index contributed by atoms with van der Waals surface area (Å²) in [4.78, 5) is 10.8. The SMILES string of the molecule is O=C(O)C1CC(CC=Cc2nn[nH]n2)CCN1. The molecule has 1 saturated heterocycles. The molecule has 0 bridgehead atoms. The van der Waals surface area contributed by atoms with Crippen molar-refractivity contribution in [2.24, 2.45) is 5.92 Å². The van der Waals surface area contributed by atoms with Crippen molar-refractivity contribution in [2.75, 3.05) is 6.54 Å². The monoisotopic (exact) mass is 237 g/mol. The Balaban J connectivity index is 1.81. The Hall–Kier alpha value is -1.76. The number of carbonyl (C=O) groups is 1. The van der Waals surface area contributed by atoms with Gasteiger partial charge >= 0.3 is 5.97 Å². The van der Waals surface area contributed by atoms with Crippen LogP contribution in [0.3, 0.4) is 0 Å². The molecule has 2 unspecified atom stereocenters. The minimum Gasteiger partial charge on any atom is -0.480 e. The quantitative estimate of drug-likeness (QED) is 0.684. The molecule has 2 heterocycles. The average Bonchev–Trinajstić information content (AvgIpc) is 2.82. The van der Waals surface area contributed by atoms with E-state index < -0.39 is 12.0 Å². The van der Waals surface area contributed by atoms with Crippen molar-refractivity contribution >= 4 is 12.0 Å². The molecule has 2 atom stereocenters. The van der Waals surface area contributed by atoms with E-state index in [1.165, 1.54) is 0 Å². The molecule has 1 aliphatic rings. The molecule has 1 aromatic rings. The van der Waals surface area contributed by atoms with Crippen molar-refractivity contribution in [3.63, 3.8) is 0 Å². The molecule has 3 N–H and O–H groups in total. The van der Waals surface area contributed by atoms with Gasteiger partial charge in [0.25, 0.3) is 0 Å². The normalized spacial score (nSPS) is 25.2. The van der Waals surface area contributed by atoms with Crippen molar-refractivity contribution < 1.29 is 9.90 Å². The van der Waals surface area contributed by atoms with Crippen LogP contribution in [-0.4, -0.2) is 44.3 Å². The van der Waals surface area contributed by atoms with Crippen LogP contribution in [0.25, 0.3) is 6.08 Å². The van der Waals surface area contributed by atoms with E-state index in [0.29, 0.717) is 18.2 Å². The van der Waals surface area contributed by atoms with Gasteiger partial charge in [-0.1, -0.05) is 6.08 Å². The van der Waals surface area contributed by atoms with Crippen molar-refractivity contribution in [3.05, 3.63) is 11.9 Å². The number of aromatic nitrogens is 4. The van der Waals surface area contributed by atoms with Gasteiger partial charge in [0.1, 0.15) is 6.04 Å². The lowest BCUT2D eigenvalue weighted by molar-refractivity contribution is -0.140. The van der Waals surface area contributed by atoms with Crippen LogP contribution in [0.1, 0.15) is 25.1 Å². The molecule has 0 aromatic carbocycles. The number of carboxylic acid groups (broad SMARTS) is 1. The third kappa shape index (κ3) is 3.35. The second-order valence-corrected chi connectivity index (χ2v) is 4.14. The minimum atomic E-state index is -0.767. The third-order valence-corrected chi connectivity index (χ3v) is 2.91. The predicted octanol–water partition coefficient (Wildman–Crippen LogP) is 0.0558. The van der Waals surface area contributed by atoms with E-state index in [0.717, 1.165) is 19.4 Å². The number of tetrazole rings is 1. The molecular weight excluding hydrogens is 222 g/mol. The molecule has 0 aliphatic carbocycles. The van der Waals surface area contributed by atoms with Crippen LogP contribution in [0.4, 0.5) is 0 Å². The number of nitrogens with one attached hydrogen (secondary N) is 2. The van der Waals surface area contributed by atoms with E-state index in [1.807, 2.05) is 6.08 Å². The summed E-state index contributed by atoms with van der Waals surface area (Å²) in [5.74, 6) is 0.186. The van der Waals surface area contributed by atoms with Crippen molar-refractivity contribution in [3.8, 4) is 0 Å². The number of allylic oxidation sites excluding steroid dienone is 1. The Morgan fingerprint density at radius 1 is 1.59 bits per heavy atom. The lowest BCUT2D eigenvalue weighted by Gasteiger charge is -2.26. The topological polar surface area (TPSA) is 104 Å². The summed E-state index contributed by atoms with van der Waals surface area (Å²) in [6.45, 7) is 0.762. The number of hydrogen-bond acceptors (Lipinski definition) is 5. The van der Waals surface area contributed by atoms with E-state index >= 15 is 0 Å². The number of H-pyrrole nitrogens is 1. The van der Waals surface area contributed by atoms with Gasteiger partial charge in [-0.3, -0.25) is 4.79 Å². The number of nitrogens with zero attached hydrogens (tertiary/aromatic N) is 3. The van der Waals surface area contributed by atoms with Crippen LogP contribution in [0.2, 0.25) is 0 Å². The zero-order chi connectivity index (χ0) is 12.1. The molecule has 0 amide bonds. The van der Waals surface area contributed by atoms with Gasteiger partial charge in [0.2, 0.25) is 0 Å². The molecule has 7 nitrogen and oxygen atoms in total. The van der Waals surface area contributed by atoms with E-state index in [2.05, 4.69) is 25.9 Å². The number of rotatable bonds is 4. The van der Waals surface area contributed by atoms with Crippen LogP contribution in [0.15, 0.2) is 6.08 Å². The van der Waals surface area contributed by atoms with Crippen molar-refractivity contribution in [1.82, 2.24) is 25.9 Å². The molecule has 0 saturated carbocycles. The Morgan fingerprint density at radius 3 is 3.18 bits per heavy atom. The van der Waals surface area contributed by atoms with Gasteiger partial charge in [0.05, 0.1) is 0 Å². The standard InChI is InChI=1S/C10H15N5O2/c16-10(17)8-6-7(4-5-11-8)2-1-3-9-12-14-15-13-9/h1,3,7-8,11H,2,4-6H2,(H,16,17)(H,12,13,14,15). The van der Waals surface area contributed by atoms with Gasteiger partial charge < -0.3 is 10.4 Å². The fraction of sp³-hybridized carbons (Fsp3) is 0.600. The lowest BCUT2D eigenvalue weighted by atomic mass is 9.90. The number of carboxylic acids is 1. The number of aliphatic carboxylic acids is 1. The van der Waals surface area contributed by atoms with Gasteiger partial charge in [-0.25, -0.2) is 0 Å². The van der Waals surface area contributed by atoms with Crippen LogP contribution < -0.4 is 5.32 Å². The summed E-state index contributed by atoms with van der Waals surface area (Å²) in [5, 5.41) is 25.3. The summed E-state index contributed by atoms with van der Waals surface area (Å²) < 4.78 is 0. The highest BCUT2D eigenvalue weighted by atomic mass is 16.4. The highest BCUT2D eigenvalue weighted by molar-refractivity contribution is 5.73. The maximum absolute atomic E-state index is 10.8.